The summed E-state index contributed by atoms with van der Waals surface area (Å²) < 4.78 is 31.4. The fourth-order valence-electron chi connectivity index (χ4n) is 2.78. The van der Waals surface area contributed by atoms with Gasteiger partial charge in [-0.3, -0.25) is 9.35 Å². The zero-order valence-corrected chi connectivity index (χ0v) is 17.1. The van der Waals surface area contributed by atoms with Gasteiger partial charge in [-0.1, -0.05) is 24.3 Å². The highest BCUT2D eigenvalue weighted by Crippen LogP contribution is 2.25. The first-order valence-electron chi connectivity index (χ1n) is 8.80. The van der Waals surface area contributed by atoms with Gasteiger partial charge in [0.1, 0.15) is 0 Å². The summed E-state index contributed by atoms with van der Waals surface area (Å²) in [6, 6.07) is 13.3. The summed E-state index contributed by atoms with van der Waals surface area (Å²) in [7, 11) is -0.332. The number of benzene rings is 2. The third-order valence-electron chi connectivity index (χ3n) is 4.40. The van der Waals surface area contributed by atoms with E-state index in [1.54, 1.807) is 19.1 Å². The van der Waals surface area contributed by atoms with Crippen LogP contribution in [0.1, 0.15) is 12.5 Å². The second-order valence-electron chi connectivity index (χ2n) is 6.70. The monoisotopic (exact) mass is 411 g/mol. The number of allylic oxidation sites excluding steroid dienone is 2. The van der Waals surface area contributed by atoms with Crippen LogP contribution in [0.15, 0.2) is 76.3 Å². The van der Waals surface area contributed by atoms with E-state index in [-0.39, 0.29) is 10.8 Å². The van der Waals surface area contributed by atoms with Crippen molar-refractivity contribution in [3.05, 3.63) is 71.8 Å². The van der Waals surface area contributed by atoms with Gasteiger partial charge >= 0.3 is 0 Å². The van der Waals surface area contributed by atoms with Gasteiger partial charge in [0.05, 0.1) is 21.9 Å². The number of hydrogen-bond donors (Lipinski definition) is 1. The van der Waals surface area contributed by atoms with E-state index in [4.69, 9.17) is 4.55 Å². The van der Waals surface area contributed by atoms with Crippen molar-refractivity contribution in [2.24, 2.45) is 5.10 Å². The van der Waals surface area contributed by atoms with Gasteiger partial charge in [0.25, 0.3) is 16.0 Å². The lowest BCUT2D eigenvalue weighted by Crippen LogP contribution is -2.21. The first kappa shape index (κ1) is 20.5. The van der Waals surface area contributed by atoms with Gasteiger partial charge in [0.15, 0.2) is 0 Å². The van der Waals surface area contributed by atoms with Crippen LogP contribution in [-0.2, 0) is 14.9 Å². The van der Waals surface area contributed by atoms with Gasteiger partial charge in [-0.05, 0) is 55.0 Å². The van der Waals surface area contributed by atoms with Crippen LogP contribution in [-0.4, -0.2) is 38.7 Å². The molecule has 0 spiro atoms. The summed E-state index contributed by atoms with van der Waals surface area (Å²) >= 11 is 0. The molecule has 0 aromatic heterocycles. The molecule has 0 radical (unpaired) electrons. The molecule has 0 saturated carbocycles. The fraction of sp³-hybridized carbons (Fsp3) is 0.143. The molecular formula is C21H21N3O4S. The molecule has 0 unspecified atom stereocenters. The van der Waals surface area contributed by atoms with Crippen LogP contribution in [0.25, 0.3) is 6.08 Å². The molecule has 0 bridgehead atoms. The van der Waals surface area contributed by atoms with Crippen LogP contribution in [0.5, 0.6) is 0 Å². The number of amides is 1. The SMILES string of the molecule is CC1=NN(c2ccc(S(=O)(=O)O)cc2)C(=O)/C1=C\C=C\c1ccc(N(C)C)cc1. The zero-order valence-electron chi connectivity index (χ0n) is 16.3. The van der Waals surface area contributed by atoms with E-state index in [2.05, 4.69) is 5.10 Å². The Balaban J connectivity index is 1.77. The topological polar surface area (TPSA) is 90.3 Å². The molecule has 0 fully saturated rings. The predicted octanol–water partition coefficient (Wildman–Crippen LogP) is 3.36. The summed E-state index contributed by atoms with van der Waals surface area (Å²) in [4.78, 5) is 14.5. The van der Waals surface area contributed by atoms with E-state index in [1.807, 2.05) is 49.3 Å². The van der Waals surface area contributed by atoms with Crippen molar-refractivity contribution in [2.75, 3.05) is 24.0 Å². The second-order valence-corrected chi connectivity index (χ2v) is 8.12. The maximum atomic E-state index is 12.7. The molecule has 150 valence electrons. The summed E-state index contributed by atoms with van der Waals surface area (Å²) in [6.07, 6.45) is 5.39. The van der Waals surface area contributed by atoms with E-state index < -0.39 is 10.1 Å². The Kier molecular flexibility index (Phi) is 5.67. The lowest BCUT2D eigenvalue weighted by atomic mass is 10.1. The molecule has 7 nitrogen and oxygen atoms in total. The molecule has 1 N–H and O–H groups in total. The second kappa shape index (κ2) is 8.02. The largest absolute Gasteiger partial charge is 0.378 e. The molecular weight excluding hydrogens is 390 g/mol. The summed E-state index contributed by atoms with van der Waals surface area (Å²) in [5.74, 6) is -0.310. The van der Waals surface area contributed by atoms with Gasteiger partial charge in [-0.15, -0.1) is 0 Å². The quantitative estimate of drug-likeness (QED) is 0.602. The number of anilines is 2. The van der Waals surface area contributed by atoms with Gasteiger partial charge in [0, 0.05) is 19.8 Å². The highest BCUT2D eigenvalue weighted by Gasteiger charge is 2.28. The van der Waals surface area contributed by atoms with E-state index >= 15 is 0 Å². The van der Waals surface area contributed by atoms with E-state index in [1.165, 1.54) is 29.3 Å². The Bertz CT molecular complexity index is 1110. The predicted molar refractivity (Wildman–Crippen MR) is 115 cm³/mol. The number of hydrazone groups is 1. The maximum absolute atomic E-state index is 12.7. The number of carbonyl (C=O) groups excluding carboxylic acids is 1. The molecule has 1 amide bonds. The minimum Gasteiger partial charge on any atom is -0.378 e. The third kappa shape index (κ3) is 4.61. The minimum absolute atomic E-state index is 0.243. The Morgan fingerprint density at radius 2 is 1.66 bits per heavy atom. The molecule has 2 aromatic carbocycles. The highest BCUT2D eigenvalue weighted by molar-refractivity contribution is 7.85. The maximum Gasteiger partial charge on any atom is 0.294 e. The standard InChI is InChI=1S/C21H21N3O4S/c1-15-20(6-4-5-16-7-9-17(10-8-16)23(2)3)21(25)24(22-15)18-11-13-19(14-12-18)29(26,27)28/h4-14H,1-3H3,(H,26,27,28)/b5-4+,20-6-. The summed E-state index contributed by atoms with van der Waals surface area (Å²) in [5.41, 5.74) is 3.52. The number of nitrogens with zero attached hydrogens (tertiary/aromatic N) is 3. The molecule has 0 atom stereocenters. The molecule has 2 aromatic rings. The van der Waals surface area contributed by atoms with E-state index in [9.17, 15) is 13.2 Å². The highest BCUT2D eigenvalue weighted by atomic mass is 32.2. The minimum atomic E-state index is -4.29. The van der Waals surface area contributed by atoms with Crippen LogP contribution < -0.4 is 9.91 Å². The van der Waals surface area contributed by atoms with E-state index in [0.29, 0.717) is 17.0 Å². The van der Waals surface area contributed by atoms with Crippen molar-refractivity contribution >= 4 is 39.2 Å². The van der Waals surface area contributed by atoms with Crippen LogP contribution >= 0.6 is 0 Å². The Hall–Kier alpha value is -3.23. The molecule has 0 saturated heterocycles. The Morgan fingerprint density at radius 3 is 2.21 bits per heavy atom. The molecule has 1 aliphatic heterocycles. The lowest BCUT2D eigenvalue weighted by molar-refractivity contribution is -0.114. The Morgan fingerprint density at radius 1 is 1.03 bits per heavy atom. The molecule has 8 heteroatoms. The molecule has 1 heterocycles. The average molecular weight is 411 g/mol. The smallest absolute Gasteiger partial charge is 0.294 e. The fourth-order valence-corrected chi connectivity index (χ4v) is 3.26. The average Bonchev–Trinajstić information content (AvgIpc) is 2.96. The van der Waals surface area contributed by atoms with Crippen molar-refractivity contribution in [2.45, 2.75) is 11.8 Å². The van der Waals surface area contributed by atoms with Gasteiger partial charge < -0.3 is 4.90 Å². The van der Waals surface area contributed by atoms with Gasteiger partial charge in [0.2, 0.25) is 0 Å². The first-order valence-corrected chi connectivity index (χ1v) is 10.2. The molecule has 1 aliphatic rings. The number of hydrogen-bond acceptors (Lipinski definition) is 5. The van der Waals surface area contributed by atoms with Crippen LogP contribution in [0.2, 0.25) is 0 Å². The number of carbonyl (C=O) groups is 1. The number of rotatable bonds is 5. The summed E-state index contributed by atoms with van der Waals surface area (Å²) in [5, 5.41) is 5.45. The van der Waals surface area contributed by atoms with Crippen molar-refractivity contribution < 1.29 is 17.8 Å². The van der Waals surface area contributed by atoms with Crippen molar-refractivity contribution in [3.63, 3.8) is 0 Å². The van der Waals surface area contributed by atoms with Crippen molar-refractivity contribution in [3.8, 4) is 0 Å². The molecule has 3 rings (SSSR count). The molecule has 29 heavy (non-hydrogen) atoms. The zero-order chi connectivity index (χ0) is 21.2. The van der Waals surface area contributed by atoms with Crippen LogP contribution in [0, 0.1) is 0 Å². The van der Waals surface area contributed by atoms with Gasteiger partial charge in [-0.25, -0.2) is 0 Å². The lowest BCUT2D eigenvalue weighted by Gasteiger charge is -2.12. The normalized spacial score (nSPS) is 16.0. The third-order valence-corrected chi connectivity index (χ3v) is 5.27. The Labute approximate surface area is 170 Å². The van der Waals surface area contributed by atoms with Gasteiger partial charge in [-0.2, -0.15) is 18.5 Å². The van der Waals surface area contributed by atoms with E-state index in [0.717, 1.165) is 11.3 Å². The van der Waals surface area contributed by atoms with Crippen molar-refractivity contribution in [1.82, 2.24) is 0 Å². The first-order chi connectivity index (χ1) is 13.7. The summed E-state index contributed by atoms with van der Waals surface area (Å²) in [6.45, 7) is 1.73. The van der Waals surface area contributed by atoms with Crippen LogP contribution in [0.3, 0.4) is 0 Å². The van der Waals surface area contributed by atoms with Crippen LogP contribution in [0.4, 0.5) is 11.4 Å². The molecule has 0 aliphatic carbocycles. The van der Waals surface area contributed by atoms with Crippen molar-refractivity contribution in [1.29, 1.82) is 0 Å².